The van der Waals surface area contributed by atoms with Crippen LogP contribution in [-0.4, -0.2) is 29.1 Å². The molecule has 6 heteroatoms. The van der Waals surface area contributed by atoms with Gasteiger partial charge in [0.05, 0.1) is 5.56 Å². The number of rotatable bonds is 7. The molecule has 0 N–H and O–H groups in total. The average Bonchev–Trinajstić information content (AvgIpc) is 2.73. The molecule has 0 heterocycles. The molecule has 3 unspecified atom stereocenters. The first-order valence-electron chi connectivity index (χ1n) is 10.5. The zero-order valence-corrected chi connectivity index (χ0v) is 19.5. The molecule has 6 nitrogen and oxygen atoms in total. The predicted octanol–water partition coefficient (Wildman–Crippen LogP) is 4.75. The minimum Gasteiger partial charge on any atom is -0.455 e. The second-order valence-electron chi connectivity index (χ2n) is 8.41. The lowest BCUT2D eigenvalue weighted by atomic mass is 9.76. The second-order valence-corrected chi connectivity index (χ2v) is 8.41. The summed E-state index contributed by atoms with van der Waals surface area (Å²) < 4.78 is 16.8. The van der Waals surface area contributed by atoms with Crippen LogP contribution in [0.25, 0.3) is 0 Å². The third-order valence-electron chi connectivity index (χ3n) is 5.73. The van der Waals surface area contributed by atoms with Crippen LogP contribution in [0.3, 0.4) is 0 Å². The van der Waals surface area contributed by atoms with Gasteiger partial charge in [0, 0.05) is 26.2 Å². The Bertz CT molecular complexity index is 997. The molecule has 0 aromatic heterocycles. The van der Waals surface area contributed by atoms with Gasteiger partial charge >= 0.3 is 17.9 Å². The fourth-order valence-electron chi connectivity index (χ4n) is 3.68. The zero-order chi connectivity index (χ0) is 24.1. The number of carbonyl (C=O) groups is 3. The van der Waals surface area contributed by atoms with Gasteiger partial charge in [0.2, 0.25) is 0 Å². The molecule has 0 aliphatic heterocycles. The molecular formula is C26H30O6. The number of terminal acetylenes is 1. The summed E-state index contributed by atoms with van der Waals surface area (Å²) in [6.45, 7) is 9.89. The van der Waals surface area contributed by atoms with Crippen LogP contribution in [0.2, 0.25) is 0 Å². The highest BCUT2D eigenvalue weighted by Gasteiger charge is 2.40. The molecule has 0 fully saturated rings. The summed E-state index contributed by atoms with van der Waals surface area (Å²) in [5.41, 5.74) is -0.258. The standard InChI is InChI=1S/C26H30O6/c1-8-25(6,32-24(29)21-12-10-9-11-13-21)15-14-22-16-26(7,31-20(5)28)18(3)17(2)23(22)30-19(4)27/h1,9-13,16,18H,14-15H2,2-7H3. The Morgan fingerprint density at radius 1 is 1.16 bits per heavy atom. The number of hydrogen-bond donors (Lipinski definition) is 0. The lowest BCUT2D eigenvalue weighted by molar-refractivity contribution is -0.154. The molecule has 1 aromatic carbocycles. The fourth-order valence-corrected chi connectivity index (χ4v) is 3.68. The van der Waals surface area contributed by atoms with E-state index in [0.29, 0.717) is 23.3 Å². The summed E-state index contributed by atoms with van der Waals surface area (Å²) in [5.74, 6) is 1.41. The van der Waals surface area contributed by atoms with Crippen molar-refractivity contribution in [1.82, 2.24) is 0 Å². The number of esters is 3. The Hall–Kier alpha value is -3.33. The van der Waals surface area contributed by atoms with Gasteiger partial charge in [0.25, 0.3) is 0 Å². The number of carbonyl (C=O) groups excluding carboxylic acids is 3. The molecule has 170 valence electrons. The van der Waals surface area contributed by atoms with Crippen LogP contribution in [-0.2, 0) is 23.8 Å². The molecule has 0 spiro atoms. The van der Waals surface area contributed by atoms with Gasteiger partial charge in [0.15, 0.2) is 5.60 Å². The molecule has 0 radical (unpaired) electrons. The Labute approximate surface area is 189 Å². The van der Waals surface area contributed by atoms with Crippen molar-refractivity contribution in [3.63, 3.8) is 0 Å². The Morgan fingerprint density at radius 2 is 1.78 bits per heavy atom. The first-order valence-corrected chi connectivity index (χ1v) is 10.5. The first kappa shape index (κ1) is 24.9. The van der Waals surface area contributed by atoms with Crippen molar-refractivity contribution < 1.29 is 28.6 Å². The van der Waals surface area contributed by atoms with Gasteiger partial charge in [-0.05, 0) is 56.5 Å². The van der Waals surface area contributed by atoms with E-state index in [2.05, 4.69) is 5.92 Å². The van der Waals surface area contributed by atoms with Crippen molar-refractivity contribution in [2.75, 3.05) is 0 Å². The topological polar surface area (TPSA) is 78.9 Å². The number of benzene rings is 1. The number of allylic oxidation sites excluding steroid dienone is 1. The highest BCUT2D eigenvalue weighted by atomic mass is 16.6. The van der Waals surface area contributed by atoms with Crippen molar-refractivity contribution in [3.8, 4) is 12.3 Å². The van der Waals surface area contributed by atoms with Crippen LogP contribution in [0.1, 0.15) is 64.7 Å². The quantitative estimate of drug-likeness (QED) is 0.347. The summed E-state index contributed by atoms with van der Waals surface area (Å²) in [6.07, 6.45) is 8.13. The first-order chi connectivity index (χ1) is 14.9. The third kappa shape index (κ3) is 5.88. The molecule has 32 heavy (non-hydrogen) atoms. The summed E-state index contributed by atoms with van der Waals surface area (Å²) in [6, 6.07) is 8.60. The predicted molar refractivity (Wildman–Crippen MR) is 120 cm³/mol. The van der Waals surface area contributed by atoms with E-state index >= 15 is 0 Å². The Kier molecular flexibility index (Phi) is 7.69. The van der Waals surface area contributed by atoms with Gasteiger partial charge in [-0.3, -0.25) is 9.59 Å². The van der Waals surface area contributed by atoms with Gasteiger partial charge in [-0.15, -0.1) is 6.42 Å². The highest BCUT2D eigenvalue weighted by molar-refractivity contribution is 5.89. The van der Waals surface area contributed by atoms with E-state index in [9.17, 15) is 14.4 Å². The molecule has 0 amide bonds. The molecule has 1 aliphatic carbocycles. The van der Waals surface area contributed by atoms with Crippen molar-refractivity contribution in [2.24, 2.45) is 5.92 Å². The van der Waals surface area contributed by atoms with Gasteiger partial charge in [-0.2, -0.15) is 0 Å². The normalized spacial score (nSPS) is 22.2. The monoisotopic (exact) mass is 438 g/mol. The molecule has 0 bridgehead atoms. The van der Waals surface area contributed by atoms with E-state index < -0.39 is 29.1 Å². The molecule has 0 saturated carbocycles. The van der Waals surface area contributed by atoms with Crippen LogP contribution in [0, 0.1) is 18.3 Å². The van der Waals surface area contributed by atoms with Gasteiger partial charge in [-0.1, -0.05) is 31.0 Å². The highest BCUT2D eigenvalue weighted by Crippen LogP contribution is 2.41. The van der Waals surface area contributed by atoms with Gasteiger partial charge in [-0.25, -0.2) is 4.79 Å². The maximum Gasteiger partial charge on any atom is 0.339 e. The Morgan fingerprint density at radius 3 is 2.31 bits per heavy atom. The van der Waals surface area contributed by atoms with E-state index in [0.717, 1.165) is 5.57 Å². The van der Waals surface area contributed by atoms with Gasteiger partial charge in [0.1, 0.15) is 11.4 Å². The van der Waals surface area contributed by atoms with E-state index in [1.165, 1.54) is 13.8 Å². The summed E-state index contributed by atoms with van der Waals surface area (Å²) >= 11 is 0. The van der Waals surface area contributed by atoms with Crippen LogP contribution in [0.5, 0.6) is 0 Å². The SMILES string of the molecule is C#CC(C)(CCC1=CC(C)(OC(C)=O)C(C)C(C)=C1OC(C)=O)OC(=O)c1ccccc1. The lowest BCUT2D eigenvalue weighted by Crippen LogP contribution is -2.40. The van der Waals surface area contributed by atoms with Crippen molar-refractivity contribution >= 4 is 17.9 Å². The average molecular weight is 439 g/mol. The largest absolute Gasteiger partial charge is 0.455 e. The fraction of sp³-hybridized carbons (Fsp3) is 0.423. The summed E-state index contributed by atoms with van der Waals surface area (Å²) in [7, 11) is 0. The van der Waals surface area contributed by atoms with E-state index in [1.54, 1.807) is 43.3 Å². The number of ether oxygens (including phenoxy) is 3. The maximum absolute atomic E-state index is 12.5. The molecule has 0 saturated heterocycles. The minimum absolute atomic E-state index is 0.209. The van der Waals surface area contributed by atoms with Gasteiger partial charge < -0.3 is 14.2 Å². The molecule has 3 atom stereocenters. The lowest BCUT2D eigenvalue weighted by Gasteiger charge is -2.38. The Balaban J connectivity index is 2.31. The summed E-state index contributed by atoms with van der Waals surface area (Å²) in [4.78, 5) is 36.0. The van der Waals surface area contributed by atoms with E-state index in [-0.39, 0.29) is 12.3 Å². The van der Waals surface area contributed by atoms with Crippen LogP contribution >= 0.6 is 0 Å². The molecule has 2 rings (SSSR count). The minimum atomic E-state index is -1.19. The maximum atomic E-state index is 12.5. The van der Waals surface area contributed by atoms with Crippen molar-refractivity contribution in [3.05, 3.63) is 58.9 Å². The third-order valence-corrected chi connectivity index (χ3v) is 5.73. The van der Waals surface area contributed by atoms with Crippen molar-refractivity contribution in [2.45, 2.75) is 65.6 Å². The summed E-state index contributed by atoms with van der Waals surface area (Å²) in [5, 5.41) is 0. The molecular weight excluding hydrogens is 408 g/mol. The van der Waals surface area contributed by atoms with Crippen LogP contribution in [0.15, 0.2) is 53.3 Å². The van der Waals surface area contributed by atoms with E-state index in [4.69, 9.17) is 20.6 Å². The van der Waals surface area contributed by atoms with Crippen LogP contribution in [0.4, 0.5) is 0 Å². The van der Waals surface area contributed by atoms with E-state index in [1.807, 2.05) is 20.8 Å². The number of hydrogen-bond acceptors (Lipinski definition) is 6. The smallest absolute Gasteiger partial charge is 0.339 e. The zero-order valence-electron chi connectivity index (χ0n) is 19.5. The second kappa shape index (κ2) is 9.86. The van der Waals surface area contributed by atoms with Crippen molar-refractivity contribution in [1.29, 1.82) is 0 Å². The molecule has 1 aliphatic rings. The molecule has 1 aromatic rings. The van der Waals surface area contributed by atoms with Crippen LogP contribution < -0.4 is 0 Å².